The van der Waals surface area contributed by atoms with Gasteiger partial charge in [0.2, 0.25) is 5.91 Å². The first-order valence-corrected chi connectivity index (χ1v) is 9.21. The van der Waals surface area contributed by atoms with E-state index in [0.29, 0.717) is 44.6 Å². The van der Waals surface area contributed by atoms with E-state index in [9.17, 15) is 9.18 Å². The van der Waals surface area contributed by atoms with Crippen molar-refractivity contribution in [2.45, 2.75) is 31.9 Å². The van der Waals surface area contributed by atoms with Gasteiger partial charge in [-0.2, -0.15) is 0 Å². The summed E-state index contributed by atoms with van der Waals surface area (Å²) in [4.78, 5) is 19.9. The summed E-state index contributed by atoms with van der Waals surface area (Å²) in [5.74, 6) is 0.750. The van der Waals surface area contributed by atoms with Crippen LogP contribution in [0.15, 0.2) is 24.3 Å². The fourth-order valence-electron chi connectivity index (χ4n) is 4.30. The molecule has 1 aromatic carbocycles. The van der Waals surface area contributed by atoms with Gasteiger partial charge in [0, 0.05) is 24.6 Å². The van der Waals surface area contributed by atoms with Crippen LogP contribution in [0.3, 0.4) is 0 Å². The smallest absolute Gasteiger partial charge is 0.248 e. The summed E-state index contributed by atoms with van der Waals surface area (Å²) >= 11 is 0. The molecule has 0 bridgehead atoms. The number of amides is 1. The third-order valence-electron chi connectivity index (χ3n) is 5.64. The second-order valence-corrected chi connectivity index (χ2v) is 7.30. The van der Waals surface area contributed by atoms with E-state index in [1.165, 1.54) is 11.1 Å². The Morgan fingerprint density at radius 1 is 1.28 bits per heavy atom. The summed E-state index contributed by atoms with van der Waals surface area (Å²) in [6.07, 6.45) is 2.32. The van der Waals surface area contributed by atoms with Crippen molar-refractivity contribution in [1.29, 1.82) is 0 Å². The molecule has 136 valence electrons. The fraction of sp³-hybridized carbons (Fsp3) is 0.632. The third-order valence-corrected chi connectivity index (χ3v) is 5.64. The first-order valence-electron chi connectivity index (χ1n) is 9.21. The van der Waals surface area contributed by atoms with Crippen LogP contribution >= 0.6 is 0 Å². The Kier molecular flexibility index (Phi) is 5.01. The zero-order chi connectivity index (χ0) is 17.2. The summed E-state index contributed by atoms with van der Waals surface area (Å²) < 4.78 is 19.8. The van der Waals surface area contributed by atoms with Gasteiger partial charge >= 0.3 is 0 Å². The number of carbonyl (C=O) groups is 1. The van der Waals surface area contributed by atoms with Crippen molar-refractivity contribution in [3.8, 4) is 0 Å². The predicted octanol–water partition coefficient (Wildman–Crippen LogP) is 2.22. The Labute approximate surface area is 147 Å². The molecular weight excluding hydrogens is 323 g/mol. The second-order valence-electron chi connectivity index (χ2n) is 7.30. The van der Waals surface area contributed by atoms with Crippen molar-refractivity contribution in [3.63, 3.8) is 0 Å². The molecule has 3 saturated heterocycles. The molecule has 5 nitrogen and oxygen atoms in total. The highest BCUT2D eigenvalue weighted by Gasteiger charge is 2.42. The molecule has 0 radical (unpaired) electrons. The lowest BCUT2D eigenvalue weighted by atomic mass is 9.83. The molecular formula is C19H25FN2O3. The number of likely N-dealkylation sites (tertiary alicyclic amines) is 1. The molecule has 25 heavy (non-hydrogen) atoms. The number of fused-ring (bicyclic) bond motifs is 1. The first kappa shape index (κ1) is 16.9. The number of hydrogen-bond donors (Lipinski definition) is 0. The van der Waals surface area contributed by atoms with Gasteiger partial charge in [-0.15, -0.1) is 0 Å². The summed E-state index contributed by atoms with van der Waals surface area (Å²) in [5, 5.41) is 1.49. The molecule has 1 amide bonds. The normalized spacial score (nSPS) is 29.8. The molecule has 0 aromatic heterocycles. The second kappa shape index (κ2) is 7.40. The molecule has 1 aromatic rings. The standard InChI is InChI=1S/C19H25FN2O3/c20-17-5-2-1-4-14(17)11-21-8-6-16-15(12-21)13-24-18(16)10-19(23)22-7-3-9-25-22/h1-2,4-5,15-16,18H,3,6-13H2/t15-,16-,18-/m0/s1. The average Bonchev–Trinajstić information content (AvgIpc) is 3.27. The summed E-state index contributed by atoms with van der Waals surface area (Å²) in [6.45, 7) is 4.48. The molecule has 0 aliphatic carbocycles. The molecule has 0 unspecified atom stereocenters. The van der Waals surface area contributed by atoms with Crippen LogP contribution < -0.4 is 0 Å². The van der Waals surface area contributed by atoms with E-state index in [0.717, 1.165) is 31.5 Å². The Balaban J connectivity index is 1.31. The van der Waals surface area contributed by atoms with Crippen LogP contribution in [0.1, 0.15) is 24.8 Å². The highest BCUT2D eigenvalue weighted by molar-refractivity contribution is 5.75. The minimum Gasteiger partial charge on any atom is -0.377 e. The number of nitrogens with zero attached hydrogens (tertiary/aromatic N) is 2. The SMILES string of the molecule is O=C(C[C@@H]1OC[C@@H]2CN(Cc3ccccc3F)CC[C@@H]21)N1CCCO1. The minimum absolute atomic E-state index is 0.00249. The lowest BCUT2D eigenvalue weighted by molar-refractivity contribution is -0.171. The van der Waals surface area contributed by atoms with Gasteiger partial charge in [-0.3, -0.25) is 14.5 Å². The van der Waals surface area contributed by atoms with Crippen LogP contribution in [-0.2, 0) is 20.9 Å². The summed E-state index contributed by atoms with van der Waals surface area (Å²) in [5.41, 5.74) is 0.748. The largest absolute Gasteiger partial charge is 0.377 e. The van der Waals surface area contributed by atoms with Gasteiger partial charge in [0.15, 0.2) is 0 Å². The maximum absolute atomic E-state index is 13.9. The van der Waals surface area contributed by atoms with Crippen LogP contribution in [0.4, 0.5) is 4.39 Å². The highest BCUT2D eigenvalue weighted by atomic mass is 19.1. The van der Waals surface area contributed by atoms with Crippen molar-refractivity contribution in [2.75, 3.05) is 32.8 Å². The van der Waals surface area contributed by atoms with E-state index in [4.69, 9.17) is 9.57 Å². The molecule has 6 heteroatoms. The van der Waals surface area contributed by atoms with E-state index >= 15 is 0 Å². The van der Waals surface area contributed by atoms with Crippen molar-refractivity contribution < 1.29 is 18.8 Å². The molecule has 3 fully saturated rings. The number of piperidine rings is 1. The van der Waals surface area contributed by atoms with Crippen LogP contribution in [0.2, 0.25) is 0 Å². The molecule has 0 N–H and O–H groups in total. The fourth-order valence-corrected chi connectivity index (χ4v) is 4.30. The summed E-state index contributed by atoms with van der Waals surface area (Å²) in [6, 6.07) is 6.97. The van der Waals surface area contributed by atoms with E-state index in [2.05, 4.69) is 4.90 Å². The van der Waals surface area contributed by atoms with Crippen molar-refractivity contribution in [1.82, 2.24) is 9.96 Å². The van der Waals surface area contributed by atoms with E-state index < -0.39 is 0 Å². The monoisotopic (exact) mass is 348 g/mol. The maximum Gasteiger partial charge on any atom is 0.248 e. The molecule has 3 aliphatic heterocycles. The van der Waals surface area contributed by atoms with Gasteiger partial charge in [0.1, 0.15) is 5.82 Å². The van der Waals surface area contributed by atoms with Crippen molar-refractivity contribution in [2.24, 2.45) is 11.8 Å². The Morgan fingerprint density at radius 2 is 2.16 bits per heavy atom. The van der Waals surface area contributed by atoms with E-state index in [1.54, 1.807) is 6.07 Å². The van der Waals surface area contributed by atoms with Crippen LogP contribution in [-0.4, -0.2) is 54.8 Å². The Bertz CT molecular complexity index is 620. The first-order chi connectivity index (χ1) is 12.2. The topological polar surface area (TPSA) is 42.0 Å². The lowest BCUT2D eigenvalue weighted by Crippen LogP contribution is -2.42. The van der Waals surface area contributed by atoms with Gasteiger partial charge in [0.25, 0.3) is 0 Å². The molecule has 4 rings (SSSR count). The molecule has 3 atom stereocenters. The average molecular weight is 348 g/mol. The van der Waals surface area contributed by atoms with Gasteiger partial charge in [0.05, 0.1) is 32.3 Å². The van der Waals surface area contributed by atoms with Crippen LogP contribution in [0.25, 0.3) is 0 Å². The van der Waals surface area contributed by atoms with E-state index in [-0.39, 0.29) is 17.8 Å². The molecule has 0 spiro atoms. The molecule has 3 heterocycles. The van der Waals surface area contributed by atoms with Crippen molar-refractivity contribution in [3.05, 3.63) is 35.6 Å². The number of hydroxylamine groups is 2. The van der Waals surface area contributed by atoms with Gasteiger partial charge in [-0.25, -0.2) is 9.45 Å². The number of benzene rings is 1. The zero-order valence-electron chi connectivity index (χ0n) is 14.4. The minimum atomic E-state index is -0.138. The zero-order valence-corrected chi connectivity index (χ0v) is 14.4. The number of ether oxygens (including phenoxy) is 1. The van der Waals surface area contributed by atoms with E-state index in [1.807, 2.05) is 12.1 Å². The lowest BCUT2D eigenvalue weighted by Gasteiger charge is -2.35. The quantitative estimate of drug-likeness (QED) is 0.837. The van der Waals surface area contributed by atoms with Crippen LogP contribution in [0.5, 0.6) is 0 Å². The number of rotatable bonds is 4. The summed E-state index contributed by atoms with van der Waals surface area (Å²) in [7, 11) is 0. The predicted molar refractivity (Wildman–Crippen MR) is 89.9 cm³/mol. The van der Waals surface area contributed by atoms with Gasteiger partial charge in [-0.1, -0.05) is 18.2 Å². The van der Waals surface area contributed by atoms with Gasteiger partial charge < -0.3 is 4.74 Å². The molecule has 0 saturated carbocycles. The third kappa shape index (κ3) is 3.71. The highest BCUT2D eigenvalue weighted by Crippen LogP contribution is 2.36. The Morgan fingerprint density at radius 3 is 2.96 bits per heavy atom. The number of hydrogen-bond acceptors (Lipinski definition) is 4. The van der Waals surface area contributed by atoms with Crippen LogP contribution in [0, 0.1) is 17.7 Å². The maximum atomic E-state index is 13.9. The van der Waals surface area contributed by atoms with Crippen molar-refractivity contribution >= 4 is 5.91 Å². The van der Waals surface area contributed by atoms with Gasteiger partial charge in [-0.05, 0) is 31.4 Å². The number of carbonyl (C=O) groups excluding carboxylic acids is 1. The number of halogens is 1. The molecule has 3 aliphatic rings. The Hall–Kier alpha value is -1.50.